The normalized spacial score (nSPS) is 12.6. The minimum absolute atomic E-state index is 0.213. The van der Waals surface area contributed by atoms with Crippen molar-refractivity contribution in [3.63, 3.8) is 0 Å². The van der Waals surface area contributed by atoms with Gasteiger partial charge < -0.3 is 0 Å². The molecule has 128 valence electrons. The number of fused-ring (bicyclic) bond motifs is 2. The Balaban J connectivity index is 2.22. The van der Waals surface area contributed by atoms with E-state index in [1.807, 2.05) is 6.92 Å². The lowest BCUT2D eigenvalue weighted by atomic mass is 9.80. The van der Waals surface area contributed by atoms with Crippen LogP contribution in [0.4, 0.5) is 0 Å². The molecule has 0 saturated carbocycles. The fourth-order valence-corrected chi connectivity index (χ4v) is 3.24. The first-order valence-corrected chi connectivity index (χ1v) is 8.32. The fraction of sp³-hybridized carbons (Fsp3) is 0.250. The standard InChI is InChI=1S/C20H20N2O3/c1-4-11-22(21-3)20(25)16-12(2)9-10-15-17(16)19(24)14-8-6-5-7-13(14)18(15)23/h5-10,21H,4,11H2,1-3H3. The number of carbonyl (C=O) groups excluding carboxylic acids is 3. The van der Waals surface area contributed by atoms with Gasteiger partial charge in [0.15, 0.2) is 11.6 Å². The predicted molar refractivity (Wildman–Crippen MR) is 94.9 cm³/mol. The molecule has 0 heterocycles. The van der Waals surface area contributed by atoms with Crippen LogP contribution in [0, 0.1) is 6.92 Å². The van der Waals surface area contributed by atoms with Gasteiger partial charge in [-0.1, -0.05) is 37.3 Å². The Kier molecular flexibility index (Phi) is 4.51. The molecule has 2 aromatic carbocycles. The third kappa shape index (κ3) is 2.66. The minimum atomic E-state index is -0.292. The van der Waals surface area contributed by atoms with E-state index in [9.17, 15) is 14.4 Å². The molecule has 2 aromatic rings. The highest BCUT2D eigenvalue weighted by molar-refractivity contribution is 6.31. The lowest BCUT2D eigenvalue weighted by Gasteiger charge is -2.25. The molecule has 0 aromatic heterocycles. The van der Waals surface area contributed by atoms with Gasteiger partial charge in [0.2, 0.25) is 0 Å². The van der Waals surface area contributed by atoms with E-state index >= 15 is 0 Å². The first-order valence-electron chi connectivity index (χ1n) is 8.32. The molecule has 1 aliphatic carbocycles. The molecule has 3 rings (SSSR count). The highest BCUT2D eigenvalue weighted by Crippen LogP contribution is 2.31. The number of carbonyl (C=O) groups is 3. The van der Waals surface area contributed by atoms with Gasteiger partial charge in [0.25, 0.3) is 5.91 Å². The molecule has 0 saturated heterocycles. The number of hydrogen-bond donors (Lipinski definition) is 1. The first-order chi connectivity index (χ1) is 12.0. The van der Waals surface area contributed by atoms with Gasteiger partial charge in [0.05, 0.1) is 5.56 Å². The lowest BCUT2D eigenvalue weighted by molar-refractivity contribution is 0.0676. The van der Waals surface area contributed by atoms with Crippen LogP contribution in [0.25, 0.3) is 0 Å². The second-order valence-electron chi connectivity index (χ2n) is 6.06. The van der Waals surface area contributed by atoms with E-state index in [-0.39, 0.29) is 23.0 Å². The van der Waals surface area contributed by atoms with E-state index in [1.54, 1.807) is 50.4 Å². The highest BCUT2D eigenvalue weighted by atomic mass is 16.2. The number of rotatable bonds is 4. The van der Waals surface area contributed by atoms with Crippen LogP contribution in [0.15, 0.2) is 36.4 Å². The van der Waals surface area contributed by atoms with Crippen molar-refractivity contribution >= 4 is 17.5 Å². The molecule has 5 nitrogen and oxygen atoms in total. The van der Waals surface area contributed by atoms with Gasteiger partial charge in [-0.3, -0.25) is 19.4 Å². The summed E-state index contributed by atoms with van der Waals surface area (Å²) in [6.45, 7) is 4.26. The molecule has 1 N–H and O–H groups in total. The number of hydrogen-bond acceptors (Lipinski definition) is 4. The van der Waals surface area contributed by atoms with E-state index < -0.39 is 0 Å². The molecule has 5 heteroatoms. The Bertz CT molecular complexity index is 887. The minimum Gasteiger partial charge on any atom is -0.289 e. The molecule has 0 spiro atoms. The number of nitrogens with one attached hydrogen (secondary N) is 1. The van der Waals surface area contributed by atoms with Crippen LogP contribution < -0.4 is 5.43 Å². The number of nitrogens with zero attached hydrogens (tertiary/aromatic N) is 1. The third-order valence-electron chi connectivity index (χ3n) is 4.48. The molecule has 0 unspecified atom stereocenters. The quantitative estimate of drug-likeness (QED) is 0.744. The van der Waals surface area contributed by atoms with Crippen molar-refractivity contribution in [2.45, 2.75) is 20.3 Å². The zero-order valence-electron chi connectivity index (χ0n) is 14.6. The average molecular weight is 336 g/mol. The summed E-state index contributed by atoms with van der Waals surface area (Å²) >= 11 is 0. The van der Waals surface area contributed by atoms with Crippen molar-refractivity contribution in [3.8, 4) is 0 Å². The molecular formula is C20H20N2O3. The van der Waals surface area contributed by atoms with Gasteiger partial charge >= 0.3 is 0 Å². The second-order valence-corrected chi connectivity index (χ2v) is 6.06. The molecule has 1 amide bonds. The molecule has 1 aliphatic rings. The van der Waals surface area contributed by atoms with Crippen LogP contribution in [-0.4, -0.2) is 36.1 Å². The number of amides is 1. The molecular weight excluding hydrogens is 316 g/mol. The maximum Gasteiger partial charge on any atom is 0.268 e. The largest absolute Gasteiger partial charge is 0.289 e. The Morgan fingerprint density at radius 2 is 1.64 bits per heavy atom. The fourth-order valence-electron chi connectivity index (χ4n) is 3.24. The summed E-state index contributed by atoms with van der Waals surface area (Å²) in [7, 11) is 1.67. The van der Waals surface area contributed by atoms with Crippen LogP contribution in [-0.2, 0) is 0 Å². The SMILES string of the molecule is CCCN(NC)C(=O)c1c(C)ccc2c1C(=O)c1ccccc1C2=O. The van der Waals surface area contributed by atoms with E-state index in [0.29, 0.717) is 34.4 Å². The van der Waals surface area contributed by atoms with Crippen LogP contribution in [0.1, 0.15) is 61.1 Å². The van der Waals surface area contributed by atoms with Crippen molar-refractivity contribution in [1.29, 1.82) is 0 Å². The van der Waals surface area contributed by atoms with Gasteiger partial charge in [-0.25, -0.2) is 5.43 Å². The first kappa shape index (κ1) is 17.0. The van der Waals surface area contributed by atoms with Crippen molar-refractivity contribution in [2.75, 3.05) is 13.6 Å². The zero-order valence-corrected chi connectivity index (χ0v) is 14.6. The van der Waals surface area contributed by atoms with Gasteiger partial charge in [0, 0.05) is 35.8 Å². The number of ketones is 2. The van der Waals surface area contributed by atoms with Crippen LogP contribution in [0.5, 0.6) is 0 Å². The van der Waals surface area contributed by atoms with Crippen molar-refractivity contribution in [2.24, 2.45) is 0 Å². The van der Waals surface area contributed by atoms with E-state index in [0.717, 1.165) is 6.42 Å². The highest BCUT2D eigenvalue weighted by Gasteiger charge is 2.34. The van der Waals surface area contributed by atoms with E-state index in [2.05, 4.69) is 5.43 Å². The van der Waals surface area contributed by atoms with Gasteiger partial charge in [-0.05, 0) is 25.0 Å². The van der Waals surface area contributed by atoms with Gasteiger partial charge in [-0.15, -0.1) is 0 Å². The monoisotopic (exact) mass is 336 g/mol. The van der Waals surface area contributed by atoms with Crippen LogP contribution >= 0.6 is 0 Å². The summed E-state index contributed by atoms with van der Waals surface area (Å²) in [6.07, 6.45) is 0.774. The Labute approximate surface area is 146 Å². The Morgan fingerprint density at radius 3 is 2.24 bits per heavy atom. The van der Waals surface area contributed by atoms with E-state index in [4.69, 9.17) is 0 Å². The molecule has 0 bridgehead atoms. The molecule has 0 aliphatic heterocycles. The summed E-state index contributed by atoms with van der Waals surface area (Å²) < 4.78 is 0. The van der Waals surface area contributed by atoms with Crippen molar-refractivity contribution < 1.29 is 14.4 Å². The van der Waals surface area contributed by atoms with Crippen LogP contribution in [0.2, 0.25) is 0 Å². The summed E-state index contributed by atoms with van der Waals surface area (Å²) in [5.74, 6) is -0.783. The zero-order chi connectivity index (χ0) is 18.1. The smallest absolute Gasteiger partial charge is 0.268 e. The van der Waals surface area contributed by atoms with Gasteiger partial charge in [0.1, 0.15) is 0 Å². The number of benzene rings is 2. The Hall–Kier alpha value is -2.79. The molecule has 25 heavy (non-hydrogen) atoms. The predicted octanol–water partition coefficient (Wildman–Crippen LogP) is 2.76. The molecule has 0 fully saturated rings. The van der Waals surface area contributed by atoms with E-state index in [1.165, 1.54) is 5.01 Å². The number of aryl methyl sites for hydroxylation is 1. The number of hydrazine groups is 1. The summed E-state index contributed by atoms with van der Waals surface area (Å²) in [4.78, 5) is 38.9. The third-order valence-corrected chi connectivity index (χ3v) is 4.48. The van der Waals surface area contributed by atoms with Crippen molar-refractivity contribution in [3.05, 3.63) is 69.8 Å². The summed E-state index contributed by atoms with van der Waals surface area (Å²) in [5.41, 5.74) is 5.10. The van der Waals surface area contributed by atoms with Crippen molar-refractivity contribution in [1.82, 2.24) is 10.4 Å². The summed E-state index contributed by atoms with van der Waals surface area (Å²) in [6, 6.07) is 10.1. The lowest BCUT2D eigenvalue weighted by Crippen LogP contribution is -2.42. The van der Waals surface area contributed by atoms with Crippen LogP contribution in [0.3, 0.4) is 0 Å². The van der Waals surface area contributed by atoms with Gasteiger partial charge in [-0.2, -0.15) is 0 Å². The second kappa shape index (κ2) is 6.61. The maximum absolute atomic E-state index is 13.1. The molecule has 0 radical (unpaired) electrons. The maximum atomic E-state index is 13.1. The summed E-state index contributed by atoms with van der Waals surface area (Å²) in [5, 5.41) is 1.47. The molecule has 0 atom stereocenters. The Morgan fingerprint density at radius 1 is 1.00 bits per heavy atom. The average Bonchev–Trinajstić information content (AvgIpc) is 2.63. The topological polar surface area (TPSA) is 66.5 Å².